The Morgan fingerprint density at radius 1 is 1.16 bits per heavy atom. The molecule has 6 heteroatoms. The molecule has 3 rings (SSSR count). The highest BCUT2D eigenvalue weighted by atomic mass is 35.5. The second-order valence-electron chi connectivity index (χ2n) is 5.86. The Balaban J connectivity index is 2.18. The van der Waals surface area contributed by atoms with Crippen molar-refractivity contribution in [3.8, 4) is 0 Å². The third-order valence-electron chi connectivity index (χ3n) is 4.06. The highest BCUT2D eigenvalue weighted by molar-refractivity contribution is 6.18. The fourth-order valence-electron chi connectivity index (χ4n) is 3.03. The molecule has 0 aliphatic rings. The van der Waals surface area contributed by atoms with Gasteiger partial charge in [0.2, 0.25) is 0 Å². The predicted octanol–water partition coefficient (Wildman–Crippen LogP) is 3.66. The topological polar surface area (TPSA) is 76.2 Å². The van der Waals surface area contributed by atoms with Gasteiger partial charge in [-0.3, -0.25) is 14.4 Å². The summed E-state index contributed by atoms with van der Waals surface area (Å²) in [7, 11) is 0. The van der Waals surface area contributed by atoms with E-state index in [1.54, 1.807) is 24.3 Å². The maximum Gasteiger partial charge on any atom is 0.302 e. The van der Waals surface area contributed by atoms with Crippen LogP contribution in [0.3, 0.4) is 0 Å². The monoisotopic (exact) mass is 357 g/mol. The Kier molecular flexibility index (Phi) is 4.86. The van der Waals surface area contributed by atoms with Gasteiger partial charge in [-0.15, -0.1) is 11.6 Å². The number of aromatic nitrogens is 1. The maximum atomic E-state index is 11.3. The lowest BCUT2D eigenvalue weighted by Gasteiger charge is -2.15. The van der Waals surface area contributed by atoms with Crippen LogP contribution in [0.25, 0.3) is 21.8 Å². The number of benzene rings is 2. The third-order valence-corrected chi connectivity index (χ3v) is 4.40. The van der Waals surface area contributed by atoms with Crippen LogP contribution in [0.4, 0.5) is 0 Å². The molecule has 0 saturated carbocycles. The summed E-state index contributed by atoms with van der Waals surface area (Å²) >= 11 is 5.91. The first-order valence-corrected chi connectivity index (χ1v) is 8.31. The van der Waals surface area contributed by atoms with E-state index in [1.165, 1.54) is 6.92 Å². The molecule has 0 radical (unpaired) electrons. The number of hydrogen-bond donors (Lipinski definition) is 1. The normalized spacial score (nSPS) is 12.2. The molecule has 1 unspecified atom stereocenters. The summed E-state index contributed by atoms with van der Waals surface area (Å²) in [6.45, 7) is 1.33. The van der Waals surface area contributed by atoms with Crippen LogP contribution in [0.15, 0.2) is 30.3 Å². The first kappa shape index (κ1) is 17.2. The van der Waals surface area contributed by atoms with E-state index in [0.29, 0.717) is 17.5 Å². The number of aldehydes is 2. The SMILES string of the molecule is CC(=O)OC(CCl)Cc1cc(C=O)cc2c1[nH]c1ccc(C=O)cc12. The smallest absolute Gasteiger partial charge is 0.302 e. The molecule has 2 aromatic carbocycles. The molecule has 1 N–H and O–H groups in total. The molecular formula is C19H16ClNO4. The second kappa shape index (κ2) is 7.07. The zero-order chi connectivity index (χ0) is 18.0. The molecule has 0 spiro atoms. The number of nitrogens with one attached hydrogen (secondary N) is 1. The van der Waals surface area contributed by atoms with Crippen molar-refractivity contribution in [2.75, 3.05) is 5.88 Å². The molecule has 5 nitrogen and oxygen atoms in total. The van der Waals surface area contributed by atoms with Gasteiger partial charge in [0.25, 0.3) is 0 Å². The summed E-state index contributed by atoms with van der Waals surface area (Å²) in [5, 5.41) is 1.70. The quantitative estimate of drug-likeness (QED) is 0.415. The van der Waals surface area contributed by atoms with Gasteiger partial charge in [-0.2, -0.15) is 0 Å². The number of carbonyl (C=O) groups excluding carboxylic acids is 3. The average molecular weight is 358 g/mol. The van der Waals surface area contributed by atoms with E-state index in [9.17, 15) is 14.4 Å². The Bertz CT molecular complexity index is 976. The van der Waals surface area contributed by atoms with E-state index >= 15 is 0 Å². The van der Waals surface area contributed by atoms with E-state index in [4.69, 9.17) is 16.3 Å². The van der Waals surface area contributed by atoms with E-state index < -0.39 is 12.1 Å². The van der Waals surface area contributed by atoms with Crippen LogP contribution in [0.5, 0.6) is 0 Å². The van der Waals surface area contributed by atoms with Crippen LogP contribution in [0.1, 0.15) is 33.2 Å². The second-order valence-corrected chi connectivity index (χ2v) is 6.17. The largest absolute Gasteiger partial charge is 0.461 e. The molecule has 1 heterocycles. The van der Waals surface area contributed by atoms with Crippen molar-refractivity contribution >= 4 is 51.9 Å². The fourth-order valence-corrected chi connectivity index (χ4v) is 3.20. The maximum absolute atomic E-state index is 11.3. The van der Waals surface area contributed by atoms with E-state index in [1.807, 2.05) is 6.07 Å². The van der Waals surface area contributed by atoms with Crippen molar-refractivity contribution in [2.45, 2.75) is 19.4 Å². The van der Waals surface area contributed by atoms with Crippen LogP contribution < -0.4 is 0 Å². The number of aromatic amines is 1. The standard InChI is InChI=1S/C19H16ClNO4/c1-11(24)25-15(8-20)7-14-4-13(10-23)6-17-16-5-12(9-22)2-3-18(16)21-19(14)17/h2-6,9-10,15,21H,7-8H2,1H3. The van der Waals surface area contributed by atoms with Crippen molar-refractivity contribution in [2.24, 2.45) is 0 Å². The molecular weight excluding hydrogens is 342 g/mol. The lowest BCUT2D eigenvalue weighted by molar-refractivity contribution is -0.145. The number of fused-ring (bicyclic) bond motifs is 3. The summed E-state index contributed by atoms with van der Waals surface area (Å²) < 4.78 is 5.22. The first-order chi connectivity index (χ1) is 12.0. The minimum Gasteiger partial charge on any atom is -0.461 e. The minimum atomic E-state index is -0.485. The van der Waals surface area contributed by atoms with Gasteiger partial charge in [0.15, 0.2) is 0 Å². The van der Waals surface area contributed by atoms with Crippen LogP contribution in [-0.4, -0.2) is 35.5 Å². The van der Waals surface area contributed by atoms with Crippen molar-refractivity contribution in [1.29, 1.82) is 0 Å². The van der Waals surface area contributed by atoms with Gasteiger partial charge in [0.05, 0.1) is 5.88 Å². The minimum absolute atomic E-state index is 0.155. The van der Waals surface area contributed by atoms with E-state index in [2.05, 4.69) is 4.98 Å². The lowest BCUT2D eigenvalue weighted by Crippen LogP contribution is -2.21. The van der Waals surface area contributed by atoms with Gasteiger partial charge in [-0.1, -0.05) is 0 Å². The van der Waals surface area contributed by atoms with Gasteiger partial charge >= 0.3 is 5.97 Å². The highest BCUT2D eigenvalue weighted by Crippen LogP contribution is 2.30. The Morgan fingerprint density at radius 2 is 1.88 bits per heavy atom. The molecule has 0 saturated heterocycles. The van der Waals surface area contributed by atoms with Gasteiger partial charge in [0.1, 0.15) is 18.7 Å². The number of halogens is 1. The third kappa shape index (κ3) is 3.42. The van der Waals surface area contributed by atoms with Crippen LogP contribution in [-0.2, 0) is 16.0 Å². The number of ether oxygens (including phenoxy) is 1. The zero-order valence-corrected chi connectivity index (χ0v) is 14.3. The van der Waals surface area contributed by atoms with Crippen molar-refractivity contribution < 1.29 is 19.1 Å². The summed E-state index contributed by atoms with van der Waals surface area (Å²) in [4.78, 5) is 36.9. The van der Waals surface area contributed by atoms with Gasteiger partial charge < -0.3 is 9.72 Å². The molecule has 0 bridgehead atoms. The van der Waals surface area contributed by atoms with Crippen LogP contribution >= 0.6 is 11.6 Å². The van der Waals surface area contributed by atoms with Crippen LogP contribution in [0.2, 0.25) is 0 Å². The van der Waals surface area contributed by atoms with E-state index in [-0.39, 0.29) is 5.88 Å². The van der Waals surface area contributed by atoms with Gasteiger partial charge in [-0.05, 0) is 35.9 Å². The summed E-state index contributed by atoms with van der Waals surface area (Å²) in [6, 6.07) is 8.87. The Labute approximate surface area is 148 Å². The molecule has 128 valence electrons. The first-order valence-electron chi connectivity index (χ1n) is 7.77. The highest BCUT2D eigenvalue weighted by Gasteiger charge is 2.17. The Hall–Kier alpha value is -2.66. The summed E-state index contributed by atoms with van der Waals surface area (Å²) in [5.74, 6) is -0.247. The van der Waals surface area contributed by atoms with E-state index in [0.717, 1.165) is 39.9 Å². The van der Waals surface area contributed by atoms with Gasteiger partial charge in [0, 0.05) is 46.3 Å². The number of carbonyl (C=O) groups is 3. The number of hydrogen-bond acceptors (Lipinski definition) is 4. The van der Waals surface area contributed by atoms with Crippen molar-refractivity contribution in [1.82, 2.24) is 4.98 Å². The molecule has 25 heavy (non-hydrogen) atoms. The van der Waals surface area contributed by atoms with Gasteiger partial charge in [-0.25, -0.2) is 0 Å². The molecule has 0 fully saturated rings. The Morgan fingerprint density at radius 3 is 2.52 bits per heavy atom. The lowest BCUT2D eigenvalue weighted by atomic mass is 10.0. The zero-order valence-electron chi connectivity index (χ0n) is 13.5. The summed E-state index contributed by atoms with van der Waals surface area (Å²) in [5.41, 5.74) is 3.60. The number of alkyl halides is 1. The van der Waals surface area contributed by atoms with Crippen molar-refractivity contribution in [3.05, 3.63) is 47.0 Å². The molecule has 1 aromatic heterocycles. The molecule has 0 amide bonds. The molecule has 1 atom stereocenters. The number of H-pyrrole nitrogens is 1. The predicted molar refractivity (Wildman–Crippen MR) is 96.6 cm³/mol. The van der Waals surface area contributed by atoms with Crippen LogP contribution in [0, 0.1) is 0 Å². The van der Waals surface area contributed by atoms with Crippen molar-refractivity contribution in [3.63, 3.8) is 0 Å². The number of rotatable bonds is 6. The average Bonchev–Trinajstić information content (AvgIpc) is 2.98. The molecule has 0 aliphatic carbocycles. The fraction of sp³-hybridized carbons (Fsp3) is 0.211. The molecule has 3 aromatic rings. The number of esters is 1. The summed E-state index contributed by atoms with van der Waals surface area (Å²) in [6.07, 6.45) is 1.45. The molecule has 0 aliphatic heterocycles.